The highest BCUT2D eigenvalue weighted by Gasteiger charge is 2.39. The van der Waals surface area contributed by atoms with E-state index in [0.29, 0.717) is 5.92 Å². The minimum absolute atomic E-state index is 0.0135. The fourth-order valence-corrected chi connectivity index (χ4v) is 3.53. The van der Waals surface area contributed by atoms with Crippen molar-refractivity contribution in [3.05, 3.63) is 22.6 Å². The summed E-state index contributed by atoms with van der Waals surface area (Å²) in [6.07, 6.45) is 7.18. The molecule has 2 aliphatic rings. The SMILES string of the molecule is CNc1cnn(CC2CC3CCC2C3)c(=O)c1. The second-order valence-corrected chi connectivity index (χ2v) is 5.45. The van der Waals surface area contributed by atoms with E-state index in [4.69, 9.17) is 0 Å². The Labute approximate surface area is 101 Å². The van der Waals surface area contributed by atoms with Gasteiger partial charge in [-0.05, 0) is 37.0 Å². The van der Waals surface area contributed by atoms with Crippen molar-refractivity contribution in [2.75, 3.05) is 12.4 Å². The molecule has 1 heterocycles. The molecule has 2 saturated carbocycles. The monoisotopic (exact) mass is 233 g/mol. The van der Waals surface area contributed by atoms with Crippen LogP contribution in [-0.2, 0) is 6.54 Å². The maximum atomic E-state index is 11.9. The van der Waals surface area contributed by atoms with E-state index >= 15 is 0 Å². The van der Waals surface area contributed by atoms with Crippen molar-refractivity contribution in [3.8, 4) is 0 Å². The number of anilines is 1. The van der Waals surface area contributed by atoms with Crippen LogP contribution in [0.25, 0.3) is 0 Å². The first kappa shape index (κ1) is 10.8. The van der Waals surface area contributed by atoms with E-state index in [0.717, 1.165) is 24.1 Å². The lowest BCUT2D eigenvalue weighted by Gasteiger charge is -2.21. The highest BCUT2D eigenvalue weighted by atomic mass is 16.1. The molecular formula is C13H19N3O. The van der Waals surface area contributed by atoms with Crippen molar-refractivity contribution < 1.29 is 0 Å². The summed E-state index contributed by atoms with van der Waals surface area (Å²) in [5.41, 5.74) is 0.804. The summed E-state index contributed by atoms with van der Waals surface area (Å²) in [5.74, 6) is 2.45. The average Bonchev–Trinajstić information content (AvgIpc) is 2.93. The van der Waals surface area contributed by atoms with Crippen LogP contribution in [0, 0.1) is 17.8 Å². The third-order valence-electron chi connectivity index (χ3n) is 4.45. The van der Waals surface area contributed by atoms with Crippen LogP contribution >= 0.6 is 0 Å². The number of hydrogen-bond acceptors (Lipinski definition) is 3. The maximum Gasteiger partial charge on any atom is 0.268 e. The Hall–Kier alpha value is -1.32. The van der Waals surface area contributed by atoms with E-state index in [1.165, 1.54) is 25.7 Å². The third-order valence-corrected chi connectivity index (χ3v) is 4.45. The average molecular weight is 233 g/mol. The molecule has 0 amide bonds. The van der Waals surface area contributed by atoms with Crippen LogP contribution in [0.4, 0.5) is 5.69 Å². The summed E-state index contributed by atoms with van der Waals surface area (Å²) >= 11 is 0. The Bertz CT molecular complexity index is 468. The Kier molecular flexibility index (Phi) is 2.65. The van der Waals surface area contributed by atoms with Crippen LogP contribution in [0.1, 0.15) is 25.7 Å². The van der Waals surface area contributed by atoms with E-state index in [1.54, 1.807) is 24.0 Å². The maximum absolute atomic E-state index is 11.9. The van der Waals surface area contributed by atoms with Crippen molar-refractivity contribution in [2.45, 2.75) is 32.2 Å². The first-order valence-corrected chi connectivity index (χ1v) is 6.51. The predicted molar refractivity (Wildman–Crippen MR) is 67.0 cm³/mol. The van der Waals surface area contributed by atoms with Crippen molar-refractivity contribution in [3.63, 3.8) is 0 Å². The van der Waals surface area contributed by atoms with Crippen LogP contribution in [0.3, 0.4) is 0 Å². The molecule has 4 nitrogen and oxygen atoms in total. The minimum atomic E-state index is 0.0135. The summed E-state index contributed by atoms with van der Waals surface area (Å²) in [4.78, 5) is 11.9. The summed E-state index contributed by atoms with van der Waals surface area (Å²) in [6, 6.07) is 1.63. The summed E-state index contributed by atoms with van der Waals surface area (Å²) in [5, 5.41) is 7.18. The molecule has 1 N–H and O–H groups in total. The van der Waals surface area contributed by atoms with Crippen LogP contribution in [0.2, 0.25) is 0 Å². The lowest BCUT2D eigenvalue weighted by Crippen LogP contribution is -2.28. The van der Waals surface area contributed by atoms with Crippen molar-refractivity contribution in [1.82, 2.24) is 9.78 Å². The zero-order chi connectivity index (χ0) is 11.8. The lowest BCUT2D eigenvalue weighted by molar-refractivity contribution is 0.280. The molecule has 0 radical (unpaired) electrons. The first-order chi connectivity index (χ1) is 8.26. The number of rotatable bonds is 3. The Morgan fingerprint density at radius 1 is 1.47 bits per heavy atom. The molecule has 0 spiro atoms. The molecule has 1 aromatic heterocycles. The highest BCUT2D eigenvalue weighted by molar-refractivity contribution is 5.37. The largest absolute Gasteiger partial charge is 0.387 e. The number of fused-ring (bicyclic) bond motifs is 2. The van der Waals surface area contributed by atoms with Gasteiger partial charge in [0.25, 0.3) is 5.56 Å². The van der Waals surface area contributed by atoms with E-state index in [2.05, 4.69) is 10.4 Å². The Morgan fingerprint density at radius 2 is 2.35 bits per heavy atom. The van der Waals surface area contributed by atoms with Gasteiger partial charge in [-0.15, -0.1) is 0 Å². The van der Waals surface area contributed by atoms with Gasteiger partial charge in [0.15, 0.2) is 0 Å². The van der Waals surface area contributed by atoms with Crippen LogP contribution < -0.4 is 10.9 Å². The third kappa shape index (κ3) is 1.96. The molecule has 2 fully saturated rings. The summed E-state index contributed by atoms with van der Waals surface area (Å²) in [6.45, 7) is 0.810. The van der Waals surface area contributed by atoms with E-state index in [9.17, 15) is 4.79 Å². The summed E-state index contributed by atoms with van der Waals surface area (Å²) in [7, 11) is 1.80. The van der Waals surface area contributed by atoms with Gasteiger partial charge in [0.1, 0.15) is 0 Å². The molecule has 3 atom stereocenters. The van der Waals surface area contributed by atoms with E-state index < -0.39 is 0 Å². The standard InChI is InChI=1S/C13H19N3O/c1-14-12-6-13(17)16(15-7-12)8-11-5-9-2-3-10(11)4-9/h6-7,9-11,14H,2-5,8H2,1H3. The molecule has 0 aliphatic heterocycles. The van der Waals surface area contributed by atoms with Crippen molar-refractivity contribution >= 4 is 5.69 Å². The van der Waals surface area contributed by atoms with Gasteiger partial charge in [-0.3, -0.25) is 4.79 Å². The Balaban J connectivity index is 1.75. The van der Waals surface area contributed by atoms with Crippen LogP contribution in [0.5, 0.6) is 0 Å². The topological polar surface area (TPSA) is 46.9 Å². The van der Waals surface area contributed by atoms with Gasteiger partial charge in [-0.2, -0.15) is 5.10 Å². The first-order valence-electron chi connectivity index (χ1n) is 6.51. The highest BCUT2D eigenvalue weighted by Crippen LogP contribution is 2.48. The molecule has 4 heteroatoms. The number of hydrogen-bond donors (Lipinski definition) is 1. The number of aromatic nitrogens is 2. The van der Waals surface area contributed by atoms with Crippen LogP contribution in [0.15, 0.2) is 17.1 Å². The lowest BCUT2D eigenvalue weighted by atomic mass is 9.89. The quantitative estimate of drug-likeness (QED) is 0.864. The molecule has 0 aromatic carbocycles. The molecule has 2 aliphatic carbocycles. The summed E-state index contributed by atoms with van der Waals surface area (Å²) < 4.78 is 1.63. The molecule has 3 rings (SSSR count). The van der Waals surface area contributed by atoms with Crippen molar-refractivity contribution in [2.24, 2.45) is 17.8 Å². The van der Waals surface area contributed by atoms with Gasteiger partial charge >= 0.3 is 0 Å². The number of nitrogens with zero attached hydrogens (tertiary/aromatic N) is 2. The fraction of sp³-hybridized carbons (Fsp3) is 0.692. The Morgan fingerprint density at radius 3 is 2.94 bits per heavy atom. The molecule has 0 saturated heterocycles. The van der Waals surface area contributed by atoms with Gasteiger partial charge in [0.05, 0.1) is 11.9 Å². The molecule has 2 bridgehead atoms. The fourth-order valence-electron chi connectivity index (χ4n) is 3.53. The predicted octanol–water partition coefficient (Wildman–Crippen LogP) is 1.72. The van der Waals surface area contributed by atoms with Crippen LogP contribution in [-0.4, -0.2) is 16.8 Å². The van der Waals surface area contributed by atoms with E-state index in [-0.39, 0.29) is 5.56 Å². The normalized spacial score (nSPS) is 30.8. The molecule has 17 heavy (non-hydrogen) atoms. The molecule has 92 valence electrons. The second kappa shape index (κ2) is 4.17. The zero-order valence-electron chi connectivity index (χ0n) is 10.2. The van der Waals surface area contributed by atoms with Crippen molar-refractivity contribution in [1.29, 1.82) is 0 Å². The van der Waals surface area contributed by atoms with Gasteiger partial charge in [-0.1, -0.05) is 6.42 Å². The smallest absolute Gasteiger partial charge is 0.268 e. The molecule has 1 aromatic rings. The molecular weight excluding hydrogens is 214 g/mol. The van der Waals surface area contributed by atoms with Gasteiger partial charge in [-0.25, -0.2) is 4.68 Å². The second-order valence-electron chi connectivity index (χ2n) is 5.45. The van der Waals surface area contributed by atoms with Gasteiger partial charge in [0, 0.05) is 19.7 Å². The minimum Gasteiger partial charge on any atom is -0.387 e. The molecule has 3 unspecified atom stereocenters. The number of nitrogens with one attached hydrogen (secondary N) is 1. The van der Waals surface area contributed by atoms with E-state index in [1.807, 2.05) is 0 Å². The zero-order valence-corrected chi connectivity index (χ0v) is 10.2. The van der Waals surface area contributed by atoms with Gasteiger partial charge < -0.3 is 5.32 Å². The van der Waals surface area contributed by atoms with Gasteiger partial charge in [0.2, 0.25) is 0 Å².